The van der Waals surface area contributed by atoms with Crippen molar-refractivity contribution in [1.82, 2.24) is 0 Å². The second kappa shape index (κ2) is 3.71. The Kier molecular flexibility index (Phi) is 2.86. The van der Waals surface area contributed by atoms with Crippen molar-refractivity contribution in [3.8, 4) is 5.75 Å². The van der Waals surface area contributed by atoms with Crippen LogP contribution < -0.4 is 5.90 Å². The van der Waals surface area contributed by atoms with Crippen LogP contribution >= 0.6 is 11.6 Å². The third-order valence-corrected chi connectivity index (χ3v) is 1.56. The molecule has 0 aliphatic heterocycles. The number of rotatable bonds is 2. The molecule has 3 nitrogen and oxygen atoms in total. The summed E-state index contributed by atoms with van der Waals surface area (Å²) in [5.74, 6) is 3.49. The molecule has 0 unspecified atom stereocenters. The van der Waals surface area contributed by atoms with Gasteiger partial charge in [0.1, 0.15) is 0 Å². The van der Waals surface area contributed by atoms with Gasteiger partial charge in [0.15, 0.2) is 11.6 Å². The van der Waals surface area contributed by atoms with E-state index in [4.69, 9.17) is 22.6 Å². The summed E-state index contributed by atoms with van der Waals surface area (Å²) in [7, 11) is 0. The molecule has 1 aromatic carbocycles. The van der Waals surface area contributed by atoms with E-state index < -0.39 is 11.6 Å². The van der Waals surface area contributed by atoms with Gasteiger partial charge in [-0.3, -0.25) is 4.84 Å². The number of phenols is 1. The Bertz CT molecular complexity index is 293. The number of benzene rings is 1. The van der Waals surface area contributed by atoms with Gasteiger partial charge in [-0.2, -0.15) is 0 Å². The first kappa shape index (κ1) is 9.25. The van der Waals surface area contributed by atoms with Crippen LogP contribution in [0, 0.1) is 5.82 Å². The van der Waals surface area contributed by atoms with Gasteiger partial charge in [0.25, 0.3) is 0 Å². The Hall–Kier alpha value is -0.840. The normalized spacial score (nSPS) is 10.2. The first-order valence-electron chi connectivity index (χ1n) is 3.13. The highest BCUT2D eigenvalue weighted by atomic mass is 35.5. The lowest BCUT2D eigenvalue weighted by atomic mass is 10.2. The summed E-state index contributed by atoms with van der Waals surface area (Å²) in [5.41, 5.74) is 0.225. The maximum absolute atomic E-state index is 12.7. The van der Waals surface area contributed by atoms with E-state index in [1.165, 1.54) is 6.07 Å². The molecule has 0 aromatic heterocycles. The van der Waals surface area contributed by atoms with Crippen LogP contribution in [-0.4, -0.2) is 5.11 Å². The van der Waals surface area contributed by atoms with Crippen molar-refractivity contribution in [3.05, 3.63) is 28.5 Å². The molecule has 0 saturated carbocycles. The average Bonchev–Trinajstić information content (AvgIpc) is 2.00. The smallest absolute Gasteiger partial charge is 0.166 e. The maximum atomic E-state index is 12.7. The molecular weight excluding hydrogens is 185 g/mol. The quantitative estimate of drug-likeness (QED) is 0.698. The van der Waals surface area contributed by atoms with Crippen LogP contribution in [0.5, 0.6) is 5.75 Å². The Morgan fingerprint density at radius 3 is 2.83 bits per heavy atom. The van der Waals surface area contributed by atoms with Gasteiger partial charge in [0.2, 0.25) is 0 Å². The van der Waals surface area contributed by atoms with Crippen LogP contribution in [0.15, 0.2) is 12.1 Å². The van der Waals surface area contributed by atoms with E-state index in [1.807, 2.05) is 0 Å². The van der Waals surface area contributed by atoms with E-state index in [-0.39, 0.29) is 17.2 Å². The molecule has 0 aliphatic rings. The molecule has 0 heterocycles. The van der Waals surface area contributed by atoms with E-state index in [9.17, 15) is 4.39 Å². The Morgan fingerprint density at radius 1 is 1.58 bits per heavy atom. The molecule has 0 radical (unpaired) electrons. The fourth-order valence-electron chi connectivity index (χ4n) is 0.819. The molecule has 1 rings (SSSR count). The van der Waals surface area contributed by atoms with Gasteiger partial charge in [0, 0.05) is 10.6 Å². The number of nitrogens with two attached hydrogens (primary N) is 1. The van der Waals surface area contributed by atoms with E-state index >= 15 is 0 Å². The molecule has 5 heteroatoms. The maximum Gasteiger partial charge on any atom is 0.166 e. The van der Waals surface area contributed by atoms with Crippen molar-refractivity contribution in [2.45, 2.75) is 6.61 Å². The molecule has 0 saturated heterocycles. The zero-order valence-corrected chi connectivity index (χ0v) is 6.81. The minimum atomic E-state index is -0.783. The summed E-state index contributed by atoms with van der Waals surface area (Å²) in [6.07, 6.45) is 0. The van der Waals surface area contributed by atoms with Crippen LogP contribution in [-0.2, 0) is 11.4 Å². The van der Waals surface area contributed by atoms with Crippen LogP contribution in [0.2, 0.25) is 5.02 Å². The van der Waals surface area contributed by atoms with E-state index in [2.05, 4.69) is 4.84 Å². The minimum absolute atomic E-state index is 0.0800. The molecule has 0 aliphatic carbocycles. The minimum Gasteiger partial charge on any atom is -0.505 e. The van der Waals surface area contributed by atoms with Gasteiger partial charge in [-0.25, -0.2) is 10.3 Å². The number of halogens is 2. The molecule has 0 atom stereocenters. The Labute approximate surface area is 73.5 Å². The highest BCUT2D eigenvalue weighted by Gasteiger charge is 2.08. The highest BCUT2D eigenvalue weighted by Crippen LogP contribution is 2.25. The zero-order chi connectivity index (χ0) is 9.14. The number of hydrogen-bond donors (Lipinski definition) is 2. The predicted octanol–water partition coefficient (Wildman–Crippen LogP) is 1.57. The predicted molar refractivity (Wildman–Crippen MR) is 42.1 cm³/mol. The number of phenolic OH excluding ortho intramolecular Hbond substituents is 1. The third kappa shape index (κ3) is 1.85. The Morgan fingerprint density at radius 2 is 2.25 bits per heavy atom. The number of aromatic hydroxyl groups is 1. The standard InChI is InChI=1S/C7H7ClFNO2/c8-5-1-4(3-12-10)7(11)6(9)2-5/h1-2,11H,3,10H2. The van der Waals surface area contributed by atoms with E-state index in [1.54, 1.807) is 0 Å². The van der Waals surface area contributed by atoms with Crippen LogP contribution in [0.1, 0.15) is 5.56 Å². The van der Waals surface area contributed by atoms with Crippen molar-refractivity contribution in [2.24, 2.45) is 5.90 Å². The molecule has 1 aromatic rings. The van der Waals surface area contributed by atoms with Gasteiger partial charge in [-0.15, -0.1) is 0 Å². The van der Waals surface area contributed by atoms with Crippen molar-refractivity contribution in [2.75, 3.05) is 0 Å². The van der Waals surface area contributed by atoms with Crippen molar-refractivity contribution in [1.29, 1.82) is 0 Å². The SMILES string of the molecule is NOCc1cc(Cl)cc(F)c1O. The van der Waals surface area contributed by atoms with Crippen LogP contribution in [0.3, 0.4) is 0 Å². The largest absolute Gasteiger partial charge is 0.505 e. The lowest BCUT2D eigenvalue weighted by Gasteiger charge is -2.03. The second-order valence-corrected chi connectivity index (χ2v) is 2.64. The molecule has 0 fully saturated rings. The highest BCUT2D eigenvalue weighted by molar-refractivity contribution is 6.30. The van der Waals surface area contributed by atoms with Gasteiger partial charge in [-0.1, -0.05) is 11.6 Å². The summed E-state index contributed by atoms with van der Waals surface area (Å²) in [5, 5.41) is 9.28. The lowest BCUT2D eigenvalue weighted by molar-refractivity contribution is 0.121. The average molecular weight is 192 g/mol. The van der Waals surface area contributed by atoms with E-state index in [0.717, 1.165) is 6.07 Å². The van der Waals surface area contributed by atoms with E-state index in [0.29, 0.717) is 0 Å². The summed E-state index contributed by atoms with van der Waals surface area (Å²) >= 11 is 5.51. The van der Waals surface area contributed by atoms with Gasteiger partial charge >= 0.3 is 0 Å². The third-order valence-electron chi connectivity index (χ3n) is 1.35. The number of hydrogen-bond acceptors (Lipinski definition) is 3. The zero-order valence-electron chi connectivity index (χ0n) is 6.05. The first-order valence-corrected chi connectivity index (χ1v) is 3.51. The molecule has 0 bridgehead atoms. The molecular formula is C7H7ClFNO2. The van der Waals surface area contributed by atoms with Gasteiger partial charge in [-0.05, 0) is 12.1 Å². The molecule has 66 valence electrons. The topological polar surface area (TPSA) is 55.5 Å². The second-order valence-electron chi connectivity index (χ2n) is 2.21. The van der Waals surface area contributed by atoms with Crippen molar-refractivity contribution >= 4 is 11.6 Å². The van der Waals surface area contributed by atoms with Crippen molar-refractivity contribution in [3.63, 3.8) is 0 Å². The summed E-state index contributed by atoms with van der Waals surface area (Å²) in [4.78, 5) is 4.23. The lowest BCUT2D eigenvalue weighted by Crippen LogP contribution is -1.99. The molecule has 0 spiro atoms. The Balaban J connectivity index is 3.09. The van der Waals surface area contributed by atoms with Gasteiger partial charge < -0.3 is 5.11 Å². The first-order chi connectivity index (χ1) is 5.65. The van der Waals surface area contributed by atoms with Gasteiger partial charge in [0.05, 0.1) is 6.61 Å². The molecule has 3 N–H and O–H groups in total. The fourth-order valence-corrected chi connectivity index (χ4v) is 1.05. The molecule has 12 heavy (non-hydrogen) atoms. The fraction of sp³-hybridized carbons (Fsp3) is 0.143. The monoisotopic (exact) mass is 191 g/mol. The summed E-state index contributed by atoms with van der Waals surface area (Å²) in [6, 6.07) is 2.39. The summed E-state index contributed by atoms with van der Waals surface area (Å²) < 4.78 is 12.7. The molecule has 0 amide bonds. The van der Waals surface area contributed by atoms with Crippen LogP contribution in [0.25, 0.3) is 0 Å². The van der Waals surface area contributed by atoms with Crippen molar-refractivity contribution < 1.29 is 14.3 Å². The summed E-state index contributed by atoms with van der Waals surface area (Å²) in [6.45, 7) is -0.0800. The van der Waals surface area contributed by atoms with Crippen LogP contribution in [0.4, 0.5) is 4.39 Å².